The smallest absolute Gasteiger partial charge is 0.410 e. The Morgan fingerprint density at radius 1 is 1.58 bits per heavy atom. The summed E-state index contributed by atoms with van der Waals surface area (Å²) < 4.78 is 4.96. The van der Waals surface area contributed by atoms with Crippen molar-refractivity contribution in [3.63, 3.8) is 0 Å². The van der Waals surface area contributed by atoms with Crippen molar-refractivity contribution in [1.29, 1.82) is 0 Å². The molecule has 2 aliphatic rings. The summed E-state index contributed by atoms with van der Waals surface area (Å²) in [5.41, 5.74) is 6.50. The summed E-state index contributed by atoms with van der Waals surface area (Å²) in [7, 11) is 1.41. The van der Waals surface area contributed by atoms with E-state index in [1.165, 1.54) is 7.11 Å². The Balaban J connectivity index is 2.40. The Hall–Kier alpha value is -2.31. The summed E-state index contributed by atoms with van der Waals surface area (Å²) in [5, 5.41) is 0. The van der Waals surface area contributed by atoms with Crippen molar-refractivity contribution in [3.05, 3.63) is 24.7 Å². The first kappa shape index (κ1) is 18.0. The molecule has 2 N–H and O–H groups in total. The van der Waals surface area contributed by atoms with Crippen LogP contribution in [-0.4, -0.2) is 53.3 Å². The van der Waals surface area contributed by atoms with Crippen molar-refractivity contribution in [3.8, 4) is 0 Å². The van der Waals surface area contributed by atoms with E-state index in [1.807, 2.05) is 4.90 Å². The fourth-order valence-corrected chi connectivity index (χ4v) is 2.84. The number of likely N-dealkylation sites (tertiary alicyclic amines) is 1. The molecule has 2 aliphatic heterocycles. The highest BCUT2D eigenvalue weighted by Gasteiger charge is 2.35. The molecule has 0 radical (unpaired) electrons. The lowest BCUT2D eigenvalue weighted by Crippen LogP contribution is -2.53. The monoisotopic (exact) mass is 333 g/mol. The summed E-state index contributed by atoms with van der Waals surface area (Å²) in [5.74, 6) is 1.13. The molecule has 2 heterocycles. The van der Waals surface area contributed by atoms with Gasteiger partial charge in [0, 0.05) is 25.0 Å². The van der Waals surface area contributed by atoms with E-state index in [-0.39, 0.29) is 18.2 Å². The van der Waals surface area contributed by atoms with Gasteiger partial charge < -0.3 is 10.5 Å². The molecule has 1 fully saturated rings. The second-order valence-electron chi connectivity index (χ2n) is 6.05. The highest BCUT2D eigenvalue weighted by molar-refractivity contribution is 6.04. The number of carbonyl (C=O) groups excluding carboxylic acids is 1. The van der Waals surface area contributed by atoms with Crippen molar-refractivity contribution in [2.45, 2.75) is 51.6 Å². The molecular weight excluding hydrogens is 306 g/mol. The first-order valence-electron chi connectivity index (χ1n) is 8.40. The van der Waals surface area contributed by atoms with Crippen LogP contribution in [0.25, 0.3) is 0 Å². The fourth-order valence-electron chi connectivity index (χ4n) is 2.84. The van der Waals surface area contributed by atoms with Crippen LogP contribution >= 0.6 is 0 Å². The SMILES string of the molecule is C=C1C(N)=NC=CN1/C(=N\C(C)CC)C1CCCCN1C(=O)OC. The van der Waals surface area contributed by atoms with Crippen LogP contribution in [0.3, 0.4) is 0 Å². The number of hydrogen-bond donors (Lipinski definition) is 1. The van der Waals surface area contributed by atoms with Crippen LogP contribution in [0.5, 0.6) is 0 Å². The first-order valence-corrected chi connectivity index (χ1v) is 8.40. The van der Waals surface area contributed by atoms with E-state index in [4.69, 9.17) is 15.5 Å². The lowest BCUT2D eigenvalue weighted by molar-refractivity contribution is 0.103. The van der Waals surface area contributed by atoms with Gasteiger partial charge in [0.25, 0.3) is 0 Å². The molecule has 2 unspecified atom stereocenters. The molecule has 2 atom stereocenters. The average molecular weight is 333 g/mol. The molecule has 24 heavy (non-hydrogen) atoms. The molecule has 0 bridgehead atoms. The zero-order chi connectivity index (χ0) is 17.7. The van der Waals surface area contributed by atoms with Gasteiger partial charge in [0.05, 0.1) is 18.8 Å². The molecular formula is C17H27N5O2. The van der Waals surface area contributed by atoms with Crippen molar-refractivity contribution >= 4 is 17.8 Å². The van der Waals surface area contributed by atoms with Gasteiger partial charge in [0.1, 0.15) is 11.7 Å². The van der Waals surface area contributed by atoms with Crippen LogP contribution in [0.1, 0.15) is 39.5 Å². The quantitative estimate of drug-likeness (QED) is 0.635. The van der Waals surface area contributed by atoms with E-state index in [0.717, 1.165) is 31.5 Å². The molecule has 0 aromatic heterocycles. The Bertz CT molecular complexity index is 582. The molecule has 0 spiro atoms. The number of amidine groups is 2. The Kier molecular flexibility index (Phi) is 6.00. The van der Waals surface area contributed by atoms with Crippen LogP contribution in [0.2, 0.25) is 0 Å². The van der Waals surface area contributed by atoms with Gasteiger partial charge in [-0.2, -0.15) is 0 Å². The minimum absolute atomic E-state index is 0.128. The van der Waals surface area contributed by atoms with E-state index >= 15 is 0 Å². The van der Waals surface area contributed by atoms with Crippen molar-refractivity contribution in [2.75, 3.05) is 13.7 Å². The lowest BCUT2D eigenvalue weighted by atomic mass is 10.00. The summed E-state index contributed by atoms with van der Waals surface area (Å²) >= 11 is 0. The van der Waals surface area contributed by atoms with E-state index in [2.05, 4.69) is 25.4 Å². The van der Waals surface area contributed by atoms with Gasteiger partial charge in [-0.3, -0.25) is 14.8 Å². The van der Waals surface area contributed by atoms with Crippen LogP contribution < -0.4 is 5.73 Å². The number of methoxy groups -OCH3 is 1. The van der Waals surface area contributed by atoms with Crippen molar-refractivity contribution in [1.82, 2.24) is 9.80 Å². The van der Waals surface area contributed by atoms with Gasteiger partial charge in [-0.25, -0.2) is 9.79 Å². The lowest BCUT2D eigenvalue weighted by Gasteiger charge is -2.39. The molecule has 0 aliphatic carbocycles. The standard InChI is InChI=1S/C17H27N5O2/c1-5-12(2)20-16(21-11-9-19-15(18)13(21)3)14-8-6-7-10-22(14)17(23)24-4/h9,11-12,14H,3,5-8,10H2,1-2,4H3,(H2,18,19)/b20-16-. The minimum atomic E-state index is -0.329. The fraction of sp³-hybridized carbons (Fsp3) is 0.588. The summed E-state index contributed by atoms with van der Waals surface area (Å²) in [4.78, 5) is 24.7. The topological polar surface area (TPSA) is 83.5 Å². The third-order valence-corrected chi connectivity index (χ3v) is 4.42. The maximum absolute atomic E-state index is 12.2. The van der Waals surface area contributed by atoms with Crippen molar-refractivity contribution in [2.24, 2.45) is 15.7 Å². The largest absolute Gasteiger partial charge is 0.453 e. The van der Waals surface area contributed by atoms with E-state index in [0.29, 0.717) is 18.1 Å². The number of aliphatic imine (C=N–C) groups is 2. The van der Waals surface area contributed by atoms with Crippen molar-refractivity contribution < 1.29 is 9.53 Å². The van der Waals surface area contributed by atoms with E-state index in [1.54, 1.807) is 17.3 Å². The average Bonchev–Trinajstić information content (AvgIpc) is 2.61. The predicted octanol–water partition coefficient (Wildman–Crippen LogP) is 2.46. The number of carbonyl (C=O) groups is 1. The summed E-state index contributed by atoms with van der Waals surface area (Å²) in [6.07, 6.45) is 6.82. The third-order valence-electron chi connectivity index (χ3n) is 4.42. The highest BCUT2D eigenvalue weighted by Crippen LogP contribution is 2.24. The summed E-state index contributed by atoms with van der Waals surface area (Å²) in [6, 6.07) is -0.0322. The molecule has 1 amide bonds. The molecule has 0 saturated carbocycles. The number of nitrogens with zero attached hydrogens (tertiary/aromatic N) is 4. The number of piperidine rings is 1. The summed E-state index contributed by atoms with van der Waals surface area (Å²) in [6.45, 7) is 8.82. The van der Waals surface area contributed by atoms with Crippen LogP contribution in [-0.2, 0) is 4.74 Å². The number of rotatable bonds is 3. The zero-order valence-corrected chi connectivity index (χ0v) is 14.7. The molecule has 0 aromatic rings. The van der Waals surface area contributed by atoms with Gasteiger partial charge in [0.2, 0.25) is 0 Å². The zero-order valence-electron chi connectivity index (χ0n) is 14.7. The normalized spacial score (nSPS) is 23.1. The molecule has 7 nitrogen and oxygen atoms in total. The predicted molar refractivity (Wildman–Crippen MR) is 95.7 cm³/mol. The van der Waals surface area contributed by atoms with Gasteiger partial charge in [0.15, 0.2) is 0 Å². The molecule has 7 heteroatoms. The second-order valence-corrected chi connectivity index (χ2v) is 6.05. The second kappa shape index (κ2) is 7.99. The highest BCUT2D eigenvalue weighted by atomic mass is 16.5. The van der Waals surface area contributed by atoms with Crippen LogP contribution in [0.4, 0.5) is 4.79 Å². The molecule has 2 rings (SSSR count). The van der Waals surface area contributed by atoms with Crippen LogP contribution in [0.15, 0.2) is 34.7 Å². The molecule has 132 valence electrons. The molecule has 0 aromatic carbocycles. The van der Waals surface area contributed by atoms with E-state index in [9.17, 15) is 4.79 Å². The Morgan fingerprint density at radius 3 is 3.00 bits per heavy atom. The maximum Gasteiger partial charge on any atom is 0.410 e. The Morgan fingerprint density at radius 2 is 2.33 bits per heavy atom. The first-order chi connectivity index (χ1) is 11.5. The third kappa shape index (κ3) is 3.77. The number of nitrogens with two attached hydrogens (primary N) is 1. The minimum Gasteiger partial charge on any atom is -0.453 e. The van der Waals surface area contributed by atoms with Gasteiger partial charge >= 0.3 is 6.09 Å². The van der Waals surface area contributed by atoms with E-state index < -0.39 is 0 Å². The number of hydrogen-bond acceptors (Lipinski definition) is 5. The maximum atomic E-state index is 12.2. The van der Waals surface area contributed by atoms with Gasteiger partial charge in [-0.1, -0.05) is 13.5 Å². The van der Waals surface area contributed by atoms with Gasteiger partial charge in [-0.15, -0.1) is 0 Å². The van der Waals surface area contributed by atoms with Gasteiger partial charge in [-0.05, 0) is 32.6 Å². The Labute approximate surface area is 143 Å². The number of ether oxygens (including phenoxy) is 1. The number of amides is 1. The molecule has 1 saturated heterocycles. The van der Waals surface area contributed by atoms with Crippen LogP contribution in [0, 0.1) is 0 Å².